The molecule has 0 radical (unpaired) electrons. The SMILES string of the molecule is Cc1ccc(CNC(=O)COc2cccc3ccc(N4CCCC(C)C4)nc23)cc1. The van der Waals surface area contributed by atoms with Crippen molar-refractivity contribution >= 4 is 22.6 Å². The zero-order chi connectivity index (χ0) is 20.9. The van der Waals surface area contributed by atoms with Gasteiger partial charge in [-0.1, -0.05) is 48.9 Å². The minimum absolute atomic E-state index is 0.0301. The number of anilines is 1. The lowest BCUT2D eigenvalue weighted by Crippen LogP contribution is -2.34. The number of hydrogen-bond acceptors (Lipinski definition) is 4. The van der Waals surface area contributed by atoms with Crippen LogP contribution in [0.2, 0.25) is 0 Å². The number of hydrogen-bond donors (Lipinski definition) is 1. The topological polar surface area (TPSA) is 54.5 Å². The zero-order valence-electron chi connectivity index (χ0n) is 17.7. The van der Waals surface area contributed by atoms with Gasteiger partial charge < -0.3 is 15.0 Å². The van der Waals surface area contributed by atoms with E-state index in [9.17, 15) is 4.79 Å². The molecule has 1 amide bonds. The van der Waals surface area contributed by atoms with Crippen LogP contribution in [0.1, 0.15) is 30.9 Å². The van der Waals surface area contributed by atoms with Crippen LogP contribution in [-0.2, 0) is 11.3 Å². The van der Waals surface area contributed by atoms with E-state index < -0.39 is 0 Å². The number of benzene rings is 2. The average Bonchev–Trinajstić information content (AvgIpc) is 2.77. The molecule has 1 aliphatic rings. The maximum absolute atomic E-state index is 12.3. The summed E-state index contributed by atoms with van der Waals surface area (Å²) in [6.07, 6.45) is 2.47. The van der Waals surface area contributed by atoms with Crippen LogP contribution in [0.5, 0.6) is 5.75 Å². The van der Waals surface area contributed by atoms with Crippen molar-refractivity contribution in [1.82, 2.24) is 10.3 Å². The van der Waals surface area contributed by atoms with Crippen molar-refractivity contribution in [2.75, 3.05) is 24.6 Å². The first-order chi connectivity index (χ1) is 14.6. The number of pyridine rings is 1. The molecule has 1 saturated heterocycles. The number of nitrogens with one attached hydrogen (secondary N) is 1. The van der Waals surface area contributed by atoms with Crippen LogP contribution in [0.4, 0.5) is 5.82 Å². The first-order valence-corrected chi connectivity index (χ1v) is 10.7. The molecule has 0 spiro atoms. The predicted octanol–water partition coefficient (Wildman–Crippen LogP) is 4.47. The lowest BCUT2D eigenvalue weighted by Gasteiger charge is -2.32. The summed E-state index contributed by atoms with van der Waals surface area (Å²) >= 11 is 0. The summed E-state index contributed by atoms with van der Waals surface area (Å²) < 4.78 is 5.86. The molecule has 3 aromatic rings. The Morgan fingerprint density at radius 2 is 2.00 bits per heavy atom. The molecule has 4 rings (SSSR count). The van der Waals surface area contributed by atoms with Crippen LogP contribution < -0.4 is 15.0 Å². The summed E-state index contributed by atoms with van der Waals surface area (Å²) in [5.41, 5.74) is 3.08. The van der Waals surface area contributed by atoms with E-state index in [1.54, 1.807) is 0 Å². The standard InChI is InChI=1S/C25H29N3O2/c1-18-8-10-20(11-9-18)15-26-24(29)17-30-22-7-3-6-21-12-13-23(27-25(21)22)28-14-4-5-19(2)16-28/h3,6-13,19H,4-5,14-17H2,1-2H3,(H,26,29). The number of rotatable bonds is 6. The second-order valence-corrected chi connectivity index (χ2v) is 8.24. The second kappa shape index (κ2) is 9.16. The van der Waals surface area contributed by atoms with Crippen molar-refractivity contribution in [3.8, 4) is 5.75 Å². The van der Waals surface area contributed by atoms with Crippen molar-refractivity contribution in [3.05, 3.63) is 65.7 Å². The van der Waals surface area contributed by atoms with Crippen LogP contribution in [0, 0.1) is 12.8 Å². The molecule has 2 heterocycles. The van der Waals surface area contributed by atoms with E-state index in [1.807, 2.05) is 49.4 Å². The van der Waals surface area contributed by atoms with Crippen molar-refractivity contribution in [2.45, 2.75) is 33.2 Å². The van der Waals surface area contributed by atoms with E-state index in [-0.39, 0.29) is 12.5 Å². The van der Waals surface area contributed by atoms with Gasteiger partial charge in [0.15, 0.2) is 6.61 Å². The highest BCUT2D eigenvalue weighted by molar-refractivity contribution is 5.86. The van der Waals surface area contributed by atoms with Crippen LogP contribution >= 0.6 is 0 Å². The van der Waals surface area contributed by atoms with E-state index >= 15 is 0 Å². The molecule has 0 aliphatic carbocycles. The summed E-state index contributed by atoms with van der Waals surface area (Å²) in [4.78, 5) is 19.5. The van der Waals surface area contributed by atoms with Crippen molar-refractivity contribution < 1.29 is 9.53 Å². The number of fused-ring (bicyclic) bond motifs is 1. The van der Waals surface area contributed by atoms with E-state index in [2.05, 4.69) is 29.3 Å². The van der Waals surface area contributed by atoms with Crippen LogP contribution in [0.25, 0.3) is 10.9 Å². The van der Waals surface area contributed by atoms with Gasteiger partial charge in [0.2, 0.25) is 0 Å². The highest BCUT2D eigenvalue weighted by Gasteiger charge is 2.18. The smallest absolute Gasteiger partial charge is 0.258 e. The second-order valence-electron chi connectivity index (χ2n) is 8.24. The Bertz CT molecular complexity index is 1020. The molecule has 1 N–H and O–H groups in total. The molecular formula is C25H29N3O2. The van der Waals surface area contributed by atoms with Gasteiger partial charge >= 0.3 is 0 Å². The summed E-state index contributed by atoms with van der Waals surface area (Å²) in [6.45, 7) is 6.87. The lowest BCUT2D eigenvalue weighted by atomic mass is 10.0. The molecule has 1 unspecified atom stereocenters. The van der Waals surface area contributed by atoms with Crippen LogP contribution in [0.15, 0.2) is 54.6 Å². The molecule has 0 bridgehead atoms. The number of carbonyl (C=O) groups is 1. The monoisotopic (exact) mass is 403 g/mol. The number of ether oxygens (including phenoxy) is 1. The minimum atomic E-state index is -0.145. The highest BCUT2D eigenvalue weighted by Crippen LogP contribution is 2.28. The zero-order valence-corrected chi connectivity index (χ0v) is 17.7. The fourth-order valence-corrected chi connectivity index (χ4v) is 3.90. The predicted molar refractivity (Wildman–Crippen MR) is 121 cm³/mol. The molecule has 1 aliphatic heterocycles. The van der Waals surface area contributed by atoms with Gasteiger partial charge in [-0.05, 0) is 49.4 Å². The van der Waals surface area contributed by atoms with Gasteiger partial charge in [-0.15, -0.1) is 0 Å². The molecule has 30 heavy (non-hydrogen) atoms. The quantitative estimate of drug-likeness (QED) is 0.660. The molecule has 156 valence electrons. The number of aryl methyl sites for hydroxylation is 1. The number of piperidine rings is 1. The van der Waals surface area contributed by atoms with E-state index in [4.69, 9.17) is 9.72 Å². The number of amides is 1. The molecular weight excluding hydrogens is 374 g/mol. The van der Waals surface area contributed by atoms with E-state index in [0.29, 0.717) is 18.2 Å². The Morgan fingerprint density at radius 3 is 2.80 bits per heavy atom. The third kappa shape index (κ3) is 4.90. The molecule has 5 nitrogen and oxygen atoms in total. The maximum Gasteiger partial charge on any atom is 0.258 e. The number of nitrogens with zero attached hydrogens (tertiary/aromatic N) is 2. The Balaban J connectivity index is 1.42. The first kappa shape index (κ1) is 20.2. The molecule has 1 fully saturated rings. The summed E-state index contributed by atoms with van der Waals surface area (Å²) in [6, 6.07) is 18.1. The van der Waals surface area contributed by atoms with Gasteiger partial charge in [0.05, 0.1) is 0 Å². The van der Waals surface area contributed by atoms with E-state index in [0.717, 1.165) is 35.4 Å². The molecule has 1 aromatic heterocycles. The van der Waals surface area contributed by atoms with Crippen LogP contribution in [-0.4, -0.2) is 30.6 Å². The average molecular weight is 404 g/mol. The van der Waals surface area contributed by atoms with Gasteiger partial charge in [-0.25, -0.2) is 4.98 Å². The fourth-order valence-electron chi connectivity index (χ4n) is 3.90. The van der Waals surface area contributed by atoms with Gasteiger partial charge in [0.1, 0.15) is 17.1 Å². The Morgan fingerprint density at radius 1 is 1.17 bits per heavy atom. The Kier molecular flexibility index (Phi) is 6.17. The number of para-hydroxylation sites is 1. The largest absolute Gasteiger partial charge is 0.481 e. The fraction of sp³-hybridized carbons (Fsp3) is 0.360. The minimum Gasteiger partial charge on any atom is -0.481 e. The highest BCUT2D eigenvalue weighted by atomic mass is 16.5. The third-order valence-electron chi connectivity index (χ3n) is 5.62. The van der Waals surface area contributed by atoms with Gasteiger partial charge in [0, 0.05) is 25.0 Å². The van der Waals surface area contributed by atoms with Gasteiger partial charge in [0.25, 0.3) is 5.91 Å². The summed E-state index contributed by atoms with van der Waals surface area (Å²) in [5.74, 6) is 2.16. The first-order valence-electron chi connectivity index (χ1n) is 10.7. The molecule has 5 heteroatoms. The third-order valence-corrected chi connectivity index (χ3v) is 5.62. The molecule has 1 atom stereocenters. The van der Waals surface area contributed by atoms with Gasteiger partial charge in [-0.2, -0.15) is 0 Å². The number of aromatic nitrogens is 1. The van der Waals surface area contributed by atoms with Crippen LogP contribution in [0.3, 0.4) is 0 Å². The maximum atomic E-state index is 12.3. The summed E-state index contributed by atoms with van der Waals surface area (Å²) in [5, 5.41) is 3.93. The van der Waals surface area contributed by atoms with Gasteiger partial charge in [-0.3, -0.25) is 4.79 Å². The lowest BCUT2D eigenvalue weighted by molar-refractivity contribution is -0.123. The van der Waals surface area contributed by atoms with Crippen molar-refractivity contribution in [2.24, 2.45) is 5.92 Å². The Hall–Kier alpha value is -3.08. The molecule has 0 saturated carbocycles. The number of carbonyl (C=O) groups excluding carboxylic acids is 1. The summed E-state index contributed by atoms with van der Waals surface area (Å²) in [7, 11) is 0. The van der Waals surface area contributed by atoms with Crippen molar-refractivity contribution in [1.29, 1.82) is 0 Å². The van der Waals surface area contributed by atoms with Crippen molar-refractivity contribution in [3.63, 3.8) is 0 Å². The van der Waals surface area contributed by atoms with E-state index in [1.165, 1.54) is 18.4 Å². The normalized spacial score (nSPS) is 16.5. The molecule has 2 aromatic carbocycles. The Labute approximate surface area is 178 Å².